The summed E-state index contributed by atoms with van der Waals surface area (Å²) in [5, 5.41) is 5.90. The molecule has 0 bridgehead atoms. The first-order valence-corrected chi connectivity index (χ1v) is 9.32. The van der Waals surface area contributed by atoms with E-state index in [1.165, 1.54) is 5.56 Å². The van der Waals surface area contributed by atoms with Crippen LogP contribution < -0.4 is 10.6 Å². The monoisotopic (exact) mass is 360 g/mol. The van der Waals surface area contributed by atoms with Gasteiger partial charge in [-0.2, -0.15) is 0 Å². The Bertz CT molecular complexity index is 627. The molecule has 6 heteroatoms. The maximum Gasteiger partial charge on any atom is 0.234 e. The molecule has 0 radical (unpaired) electrons. The van der Waals surface area contributed by atoms with Crippen molar-refractivity contribution < 1.29 is 19.1 Å². The van der Waals surface area contributed by atoms with Crippen LogP contribution in [0.3, 0.4) is 0 Å². The smallest absolute Gasteiger partial charge is 0.234 e. The molecule has 3 atom stereocenters. The van der Waals surface area contributed by atoms with Crippen molar-refractivity contribution in [3.05, 3.63) is 35.4 Å². The van der Waals surface area contributed by atoms with Crippen molar-refractivity contribution in [1.82, 2.24) is 10.6 Å². The summed E-state index contributed by atoms with van der Waals surface area (Å²) in [4.78, 5) is 23.4. The minimum absolute atomic E-state index is 0.175. The molecule has 1 aromatic carbocycles. The van der Waals surface area contributed by atoms with E-state index in [1.807, 2.05) is 12.1 Å². The predicted molar refractivity (Wildman–Crippen MR) is 97.7 cm³/mol. The minimum atomic E-state index is -0.225. The second kappa shape index (κ2) is 8.75. The molecule has 1 aromatic rings. The number of ether oxygens (including phenoxy) is 2. The summed E-state index contributed by atoms with van der Waals surface area (Å²) in [6.45, 7) is 1.95. The highest BCUT2D eigenvalue weighted by atomic mass is 16.7. The molecule has 3 rings (SSSR count). The Morgan fingerprint density at radius 1 is 1.08 bits per heavy atom. The Balaban J connectivity index is 1.71. The summed E-state index contributed by atoms with van der Waals surface area (Å²) in [6, 6.07) is 8.35. The van der Waals surface area contributed by atoms with E-state index in [-0.39, 0.29) is 24.0 Å². The number of carbonyl (C=O) groups excluding carboxylic acids is 2. The Hall–Kier alpha value is -1.76. The van der Waals surface area contributed by atoms with Gasteiger partial charge >= 0.3 is 0 Å². The molecule has 2 aliphatic rings. The fraction of sp³-hybridized carbons (Fsp3) is 0.600. The highest BCUT2D eigenvalue weighted by molar-refractivity contribution is 6.00. The second-order valence-corrected chi connectivity index (χ2v) is 7.17. The Labute approximate surface area is 154 Å². The molecule has 0 aromatic heterocycles. The van der Waals surface area contributed by atoms with Crippen LogP contribution in [0.4, 0.5) is 0 Å². The predicted octanol–water partition coefficient (Wildman–Crippen LogP) is 1.91. The Morgan fingerprint density at radius 3 is 2.42 bits per heavy atom. The molecule has 142 valence electrons. The molecular formula is C20H28N2O4. The molecule has 26 heavy (non-hydrogen) atoms. The maximum absolute atomic E-state index is 12.1. The van der Waals surface area contributed by atoms with Gasteiger partial charge in [0.15, 0.2) is 6.29 Å². The summed E-state index contributed by atoms with van der Waals surface area (Å²) in [5.74, 6) is 0.301. The van der Waals surface area contributed by atoms with E-state index in [4.69, 9.17) is 9.47 Å². The van der Waals surface area contributed by atoms with E-state index in [9.17, 15) is 9.59 Å². The van der Waals surface area contributed by atoms with Crippen LogP contribution in [0.5, 0.6) is 0 Å². The lowest BCUT2D eigenvalue weighted by atomic mass is 9.78. The van der Waals surface area contributed by atoms with Crippen molar-refractivity contribution >= 4 is 11.8 Å². The van der Waals surface area contributed by atoms with E-state index in [0.717, 1.165) is 31.5 Å². The first-order valence-electron chi connectivity index (χ1n) is 9.32. The number of imide groups is 1. The number of methoxy groups -OCH3 is 2. The van der Waals surface area contributed by atoms with Crippen molar-refractivity contribution in [2.45, 2.75) is 43.8 Å². The van der Waals surface area contributed by atoms with E-state index < -0.39 is 0 Å². The van der Waals surface area contributed by atoms with Gasteiger partial charge in [0.05, 0.1) is 5.92 Å². The molecule has 2 aliphatic heterocycles. The fourth-order valence-corrected chi connectivity index (χ4v) is 4.13. The van der Waals surface area contributed by atoms with Crippen molar-refractivity contribution in [3.63, 3.8) is 0 Å². The number of rotatable bonds is 6. The molecule has 6 nitrogen and oxygen atoms in total. The van der Waals surface area contributed by atoms with E-state index in [2.05, 4.69) is 22.8 Å². The number of amides is 2. The Morgan fingerprint density at radius 2 is 1.77 bits per heavy atom. The summed E-state index contributed by atoms with van der Waals surface area (Å²) in [6.07, 6.45) is 2.72. The molecule has 2 amide bonds. The van der Waals surface area contributed by atoms with Crippen LogP contribution in [0.1, 0.15) is 48.6 Å². The standard InChI is InChI=1S/C20H28N2O4/c1-25-19(26-2)11-15-12-21-10-9-16(15)13-3-5-14(6-4-13)17-7-8-18(23)22-20(17)24/h3-6,15-17,19,21H,7-12H2,1-2H3,(H,22,23,24). The number of hydrogen-bond donors (Lipinski definition) is 2. The average Bonchev–Trinajstić information content (AvgIpc) is 2.67. The van der Waals surface area contributed by atoms with Crippen LogP contribution in [0.2, 0.25) is 0 Å². The van der Waals surface area contributed by atoms with Crippen LogP contribution in [0, 0.1) is 5.92 Å². The highest BCUT2D eigenvalue weighted by Crippen LogP contribution is 2.35. The SMILES string of the molecule is COC(CC1CNCCC1c1ccc(C2CCC(=O)NC2=O)cc1)OC. The van der Waals surface area contributed by atoms with Gasteiger partial charge in [0.1, 0.15) is 0 Å². The summed E-state index contributed by atoms with van der Waals surface area (Å²) >= 11 is 0. The van der Waals surface area contributed by atoms with Crippen molar-refractivity contribution in [3.8, 4) is 0 Å². The third-order valence-electron chi connectivity index (χ3n) is 5.63. The van der Waals surface area contributed by atoms with Crippen LogP contribution >= 0.6 is 0 Å². The number of hydrogen-bond acceptors (Lipinski definition) is 5. The Kier molecular flexibility index (Phi) is 6.40. The quantitative estimate of drug-likeness (QED) is 0.599. The summed E-state index contributed by atoms with van der Waals surface area (Å²) < 4.78 is 10.8. The first-order chi connectivity index (χ1) is 12.6. The van der Waals surface area contributed by atoms with Gasteiger partial charge in [-0.25, -0.2) is 0 Å². The van der Waals surface area contributed by atoms with Gasteiger partial charge in [-0.05, 0) is 48.9 Å². The molecule has 0 saturated carbocycles. The molecular weight excluding hydrogens is 332 g/mol. The average molecular weight is 360 g/mol. The van der Waals surface area contributed by atoms with Crippen molar-refractivity contribution in [2.24, 2.45) is 5.92 Å². The van der Waals surface area contributed by atoms with E-state index in [1.54, 1.807) is 14.2 Å². The van der Waals surface area contributed by atoms with Crippen LogP contribution in [0.15, 0.2) is 24.3 Å². The normalized spacial score (nSPS) is 26.8. The number of nitrogens with one attached hydrogen (secondary N) is 2. The van der Waals surface area contributed by atoms with E-state index in [0.29, 0.717) is 24.7 Å². The largest absolute Gasteiger partial charge is 0.356 e. The van der Waals surface area contributed by atoms with Gasteiger partial charge in [-0.3, -0.25) is 14.9 Å². The molecule has 3 unspecified atom stereocenters. The van der Waals surface area contributed by atoms with Crippen LogP contribution in [-0.4, -0.2) is 45.4 Å². The third-order valence-corrected chi connectivity index (χ3v) is 5.63. The zero-order valence-electron chi connectivity index (χ0n) is 15.5. The zero-order chi connectivity index (χ0) is 18.5. The molecule has 0 spiro atoms. The van der Waals surface area contributed by atoms with Crippen LogP contribution in [0.25, 0.3) is 0 Å². The molecule has 0 aliphatic carbocycles. The van der Waals surface area contributed by atoms with Crippen LogP contribution in [-0.2, 0) is 19.1 Å². The number of benzene rings is 1. The molecule has 2 N–H and O–H groups in total. The molecule has 2 fully saturated rings. The van der Waals surface area contributed by atoms with Gasteiger partial charge in [0, 0.05) is 27.1 Å². The lowest BCUT2D eigenvalue weighted by Crippen LogP contribution is -2.39. The third kappa shape index (κ3) is 4.31. The van der Waals surface area contributed by atoms with Gasteiger partial charge in [0.2, 0.25) is 11.8 Å². The zero-order valence-corrected chi connectivity index (χ0v) is 15.5. The highest BCUT2D eigenvalue weighted by Gasteiger charge is 2.30. The lowest BCUT2D eigenvalue weighted by Gasteiger charge is -2.34. The minimum Gasteiger partial charge on any atom is -0.356 e. The van der Waals surface area contributed by atoms with Crippen molar-refractivity contribution in [2.75, 3.05) is 27.3 Å². The number of piperidine rings is 2. The fourth-order valence-electron chi connectivity index (χ4n) is 4.13. The summed E-state index contributed by atoms with van der Waals surface area (Å²) in [5.41, 5.74) is 2.27. The lowest BCUT2D eigenvalue weighted by molar-refractivity contribution is -0.134. The molecule has 2 saturated heterocycles. The topological polar surface area (TPSA) is 76.7 Å². The first kappa shape index (κ1) is 19.0. The maximum atomic E-state index is 12.1. The van der Waals surface area contributed by atoms with Crippen molar-refractivity contribution in [1.29, 1.82) is 0 Å². The molecule has 2 heterocycles. The second-order valence-electron chi connectivity index (χ2n) is 7.17. The van der Waals surface area contributed by atoms with E-state index >= 15 is 0 Å². The van der Waals surface area contributed by atoms with Gasteiger partial charge in [-0.15, -0.1) is 0 Å². The summed E-state index contributed by atoms with van der Waals surface area (Å²) in [7, 11) is 3.35. The van der Waals surface area contributed by atoms with Gasteiger partial charge in [-0.1, -0.05) is 24.3 Å². The van der Waals surface area contributed by atoms with Gasteiger partial charge in [0.25, 0.3) is 0 Å². The van der Waals surface area contributed by atoms with Gasteiger partial charge < -0.3 is 14.8 Å². The number of carbonyl (C=O) groups is 2.